The number of nitrogens with two attached hydrogens (primary N) is 1. The Morgan fingerprint density at radius 3 is 3.13 bits per heavy atom. The van der Waals surface area contributed by atoms with Gasteiger partial charge in [0.2, 0.25) is 0 Å². The molecule has 0 aromatic carbocycles. The highest BCUT2D eigenvalue weighted by atomic mass is 32.1. The fourth-order valence-electron chi connectivity index (χ4n) is 1.23. The van der Waals surface area contributed by atoms with Gasteiger partial charge < -0.3 is 20.3 Å². The number of primary amides is 1. The quantitative estimate of drug-likeness (QED) is 0.740. The van der Waals surface area contributed by atoms with Gasteiger partial charge in [-0.1, -0.05) is 0 Å². The van der Waals surface area contributed by atoms with E-state index < -0.39 is 12.2 Å². The largest absolute Gasteiger partial charge is 0.391 e. The highest BCUT2D eigenvalue weighted by molar-refractivity contribution is 7.09. The van der Waals surface area contributed by atoms with Crippen molar-refractivity contribution in [2.45, 2.75) is 12.4 Å². The Labute approximate surface area is 89.6 Å². The molecule has 0 aliphatic carbocycles. The van der Waals surface area contributed by atoms with Crippen molar-refractivity contribution in [3.05, 3.63) is 16.1 Å². The molecule has 0 radical (unpaired) electrons. The van der Waals surface area contributed by atoms with Crippen molar-refractivity contribution in [1.29, 1.82) is 0 Å². The van der Waals surface area contributed by atoms with Gasteiger partial charge in [-0.25, -0.2) is 4.98 Å². The number of aliphatic hydroxyl groups excluding tert-OH is 1. The number of hydrogen-bond acceptors (Lipinski definition) is 6. The molecular weight excluding hydrogens is 220 g/mol. The minimum absolute atomic E-state index is 0.190. The summed E-state index contributed by atoms with van der Waals surface area (Å²) in [5, 5.41) is 11.0. The molecule has 82 valence electrons. The first-order valence-corrected chi connectivity index (χ1v) is 5.22. The molecule has 1 aromatic heterocycles. The topological polar surface area (TPSA) is 94.7 Å². The Morgan fingerprint density at radius 2 is 2.60 bits per heavy atom. The van der Waals surface area contributed by atoms with E-state index >= 15 is 0 Å². The molecule has 1 aliphatic heterocycles. The van der Waals surface area contributed by atoms with Gasteiger partial charge in [0.1, 0.15) is 16.8 Å². The van der Waals surface area contributed by atoms with E-state index in [4.69, 9.17) is 20.3 Å². The monoisotopic (exact) mass is 230 g/mol. The second-order valence-electron chi connectivity index (χ2n) is 3.01. The minimum Gasteiger partial charge on any atom is -0.391 e. The van der Waals surface area contributed by atoms with Crippen LogP contribution in [0.3, 0.4) is 0 Å². The number of thiazole rings is 1. The molecular formula is C8H10N2O4S. The molecule has 1 amide bonds. The normalized spacial score (nSPS) is 25.7. The lowest BCUT2D eigenvalue weighted by atomic mass is 10.4. The van der Waals surface area contributed by atoms with Crippen molar-refractivity contribution in [3.63, 3.8) is 0 Å². The molecule has 15 heavy (non-hydrogen) atoms. The molecule has 0 bridgehead atoms. The third-order valence-corrected chi connectivity index (χ3v) is 2.89. The van der Waals surface area contributed by atoms with Gasteiger partial charge >= 0.3 is 0 Å². The third kappa shape index (κ3) is 2.15. The number of nitrogens with zero attached hydrogens (tertiary/aromatic N) is 1. The van der Waals surface area contributed by atoms with E-state index in [9.17, 15) is 4.79 Å². The number of carbonyl (C=O) groups is 1. The van der Waals surface area contributed by atoms with Gasteiger partial charge in [-0.2, -0.15) is 0 Å². The van der Waals surface area contributed by atoms with Crippen molar-refractivity contribution in [2.24, 2.45) is 5.73 Å². The molecule has 2 unspecified atom stereocenters. The van der Waals surface area contributed by atoms with Gasteiger partial charge in [0.15, 0.2) is 6.29 Å². The van der Waals surface area contributed by atoms with Crippen LogP contribution in [0.1, 0.15) is 21.6 Å². The van der Waals surface area contributed by atoms with Gasteiger partial charge in [-0.3, -0.25) is 4.79 Å². The van der Waals surface area contributed by atoms with Crippen LogP contribution in [0.2, 0.25) is 0 Å². The van der Waals surface area contributed by atoms with E-state index in [1.807, 2.05) is 0 Å². The molecule has 1 aromatic rings. The highest BCUT2D eigenvalue weighted by Gasteiger charge is 2.29. The average Bonchev–Trinajstić information content (AvgIpc) is 2.86. The number of amides is 1. The van der Waals surface area contributed by atoms with Gasteiger partial charge in [0.25, 0.3) is 5.91 Å². The molecule has 3 N–H and O–H groups in total. The fraction of sp³-hybridized carbons (Fsp3) is 0.500. The molecule has 1 aliphatic rings. The Hall–Kier alpha value is -1.02. The second-order valence-corrected chi connectivity index (χ2v) is 3.90. The van der Waals surface area contributed by atoms with Crippen LogP contribution >= 0.6 is 11.3 Å². The van der Waals surface area contributed by atoms with E-state index in [2.05, 4.69) is 4.98 Å². The van der Waals surface area contributed by atoms with Crippen molar-refractivity contribution < 1.29 is 19.4 Å². The van der Waals surface area contributed by atoms with Crippen LogP contribution in [0, 0.1) is 0 Å². The lowest BCUT2D eigenvalue weighted by molar-refractivity contribution is -0.0882. The van der Waals surface area contributed by atoms with Gasteiger partial charge in [-0.15, -0.1) is 11.3 Å². The highest BCUT2D eigenvalue weighted by Crippen LogP contribution is 2.28. The van der Waals surface area contributed by atoms with E-state index in [0.29, 0.717) is 11.6 Å². The summed E-state index contributed by atoms with van der Waals surface area (Å²) < 4.78 is 10.4. The van der Waals surface area contributed by atoms with Crippen LogP contribution in [0.4, 0.5) is 0 Å². The minimum atomic E-state index is -0.601. The maximum absolute atomic E-state index is 10.8. The number of aromatic nitrogens is 1. The summed E-state index contributed by atoms with van der Waals surface area (Å²) in [6.07, 6.45) is -0.920. The van der Waals surface area contributed by atoms with Crippen molar-refractivity contribution in [3.8, 4) is 0 Å². The van der Waals surface area contributed by atoms with Gasteiger partial charge in [0, 0.05) is 5.38 Å². The summed E-state index contributed by atoms with van der Waals surface area (Å²) in [5.41, 5.74) is 5.30. The lowest BCUT2D eigenvalue weighted by Crippen LogP contribution is -2.13. The molecule has 7 heteroatoms. The predicted molar refractivity (Wildman–Crippen MR) is 51.3 cm³/mol. The zero-order valence-corrected chi connectivity index (χ0v) is 8.57. The van der Waals surface area contributed by atoms with Crippen LogP contribution in [0.25, 0.3) is 0 Å². The fourth-order valence-corrected chi connectivity index (χ4v) is 2.06. The molecule has 2 heterocycles. The average molecular weight is 230 g/mol. The van der Waals surface area contributed by atoms with Crippen molar-refractivity contribution >= 4 is 17.2 Å². The molecule has 1 fully saturated rings. The summed E-state index contributed by atoms with van der Waals surface area (Å²) in [6.45, 7) is 0.140. The third-order valence-electron chi connectivity index (χ3n) is 1.95. The molecule has 0 saturated carbocycles. The van der Waals surface area contributed by atoms with Gasteiger partial charge in [0.05, 0.1) is 13.2 Å². The van der Waals surface area contributed by atoms with E-state index in [1.165, 1.54) is 11.3 Å². The maximum Gasteiger partial charge on any atom is 0.268 e. The van der Waals surface area contributed by atoms with E-state index in [1.54, 1.807) is 5.38 Å². The Bertz CT molecular complexity index is 367. The molecule has 2 atom stereocenters. The van der Waals surface area contributed by atoms with Crippen LogP contribution < -0.4 is 5.73 Å². The van der Waals surface area contributed by atoms with E-state index in [0.717, 1.165) is 0 Å². The molecule has 6 nitrogen and oxygen atoms in total. The van der Waals surface area contributed by atoms with Crippen LogP contribution in [0.15, 0.2) is 5.38 Å². The van der Waals surface area contributed by atoms with Crippen molar-refractivity contribution in [1.82, 2.24) is 4.98 Å². The number of carbonyl (C=O) groups excluding carboxylic acids is 1. The molecule has 2 rings (SSSR count). The Balaban J connectivity index is 2.07. The SMILES string of the molecule is NC(=O)c1csc(C2COC(CO)O2)n1. The van der Waals surface area contributed by atoms with Gasteiger partial charge in [-0.05, 0) is 0 Å². The smallest absolute Gasteiger partial charge is 0.268 e. The second kappa shape index (κ2) is 4.23. The first-order valence-electron chi connectivity index (χ1n) is 4.34. The zero-order valence-electron chi connectivity index (χ0n) is 7.75. The summed E-state index contributed by atoms with van der Waals surface area (Å²) in [7, 11) is 0. The number of hydrogen-bond donors (Lipinski definition) is 2. The number of aliphatic hydroxyl groups is 1. The maximum atomic E-state index is 10.8. The first kappa shape index (κ1) is 10.5. The summed E-state index contributed by atoms with van der Waals surface area (Å²) in [6, 6.07) is 0. The predicted octanol–water partition coefficient (Wildman–Crippen LogP) is -0.352. The Morgan fingerprint density at radius 1 is 1.80 bits per heavy atom. The first-order chi connectivity index (χ1) is 7.20. The molecule has 0 spiro atoms. The summed E-state index contributed by atoms with van der Waals surface area (Å²) in [4.78, 5) is 14.8. The number of rotatable bonds is 3. The van der Waals surface area contributed by atoms with E-state index in [-0.39, 0.29) is 18.4 Å². The van der Waals surface area contributed by atoms with Crippen LogP contribution in [0.5, 0.6) is 0 Å². The number of ether oxygens (including phenoxy) is 2. The van der Waals surface area contributed by atoms with Crippen LogP contribution in [-0.4, -0.2) is 35.5 Å². The summed E-state index contributed by atoms with van der Waals surface area (Å²) >= 11 is 1.29. The molecule has 1 saturated heterocycles. The summed E-state index contributed by atoms with van der Waals surface area (Å²) in [5.74, 6) is -0.560. The van der Waals surface area contributed by atoms with Crippen molar-refractivity contribution in [2.75, 3.05) is 13.2 Å². The lowest BCUT2D eigenvalue weighted by Gasteiger charge is -2.05. The van der Waals surface area contributed by atoms with Crippen LogP contribution in [-0.2, 0) is 9.47 Å². The standard InChI is InChI=1S/C8H10N2O4S/c9-7(12)4-3-15-8(10-4)5-2-13-6(1-11)14-5/h3,5-6,11H,1-2H2,(H2,9,12). The zero-order chi connectivity index (χ0) is 10.8. The Kier molecular flexibility index (Phi) is 2.96.